The molecule has 0 bridgehead atoms. The van der Waals surface area contributed by atoms with E-state index < -0.39 is 39.6 Å². The summed E-state index contributed by atoms with van der Waals surface area (Å²) in [5, 5.41) is 7.74. The highest BCUT2D eigenvalue weighted by Crippen LogP contribution is 2.29. The molecule has 2 aromatic rings. The molecule has 1 aliphatic heterocycles. The van der Waals surface area contributed by atoms with Gasteiger partial charge in [-0.2, -0.15) is 13.2 Å². The zero-order valence-corrected chi connectivity index (χ0v) is 17.0. The second kappa shape index (κ2) is 8.67. The van der Waals surface area contributed by atoms with Gasteiger partial charge in [-0.05, 0) is 48.7 Å². The molecule has 1 heterocycles. The lowest BCUT2D eigenvalue weighted by atomic mass is 10.1. The fourth-order valence-corrected chi connectivity index (χ4v) is 3.93. The molecule has 2 amide bonds. The van der Waals surface area contributed by atoms with Crippen LogP contribution in [0.4, 0.5) is 13.2 Å². The second-order valence-corrected chi connectivity index (χ2v) is 8.70. The minimum atomic E-state index is -4.44. The molecule has 3 N–H and O–H groups in total. The number of likely N-dealkylation sites (tertiary alicyclic amines) is 1. The first-order valence-corrected chi connectivity index (χ1v) is 10.9. The maximum Gasteiger partial charge on any atom is 0.416 e. The van der Waals surface area contributed by atoms with Gasteiger partial charge in [0, 0.05) is 18.7 Å². The molecule has 7 nitrogen and oxygen atoms in total. The van der Waals surface area contributed by atoms with Crippen LogP contribution >= 0.6 is 0 Å². The average molecular weight is 455 g/mol. The fraction of sp³-hybridized carbons (Fsp3) is 0.300. The van der Waals surface area contributed by atoms with Crippen LogP contribution < -0.4 is 10.5 Å². The Hall–Kier alpha value is -2.92. The summed E-state index contributed by atoms with van der Waals surface area (Å²) in [5.74, 6) is -0.939. The van der Waals surface area contributed by atoms with Crippen molar-refractivity contribution in [3.05, 3.63) is 65.2 Å². The fourth-order valence-electron chi connectivity index (χ4n) is 3.37. The summed E-state index contributed by atoms with van der Waals surface area (Å²) in [7, 11) is -3.98. The van der Waals surface area contributed by atoms with Gasteiger partial charge >= 0.3 is 6.18 Å². The number of primary sulfonamides is 1. The lowest BCUT2D eigenvalue weighted by Gasteiger charge is -2.24. The Kier molecular flexibility index (Phi) is 6.37. The van der Waals surface area contributed by atoms with Gasteiger partial charge in [0.2, 0.25) is 15.9 Å². The Morgan fingerprint density at radius 1 is 1.13 bits per heavy atom. The van der Waals surface area contributed by atoms with Gasteiger partial charge in [-0.1, -0.05) is 18.2 Å². The molecule has 1 saturated heterocycles. The molecule has 0 aliphatic carbocycles. The van der Waals surface area contributed by atoms with Crippen LogP contribution in [-0.4, -0.2) is 37.7 Å². The third-order valence-corrected chi connectivity index (χ3v) is 5.88. The van der Waals surface area contributed by atoms with Crippen LogP contribution in [0.25, 0.3) is 0 Å². The highest BCUT2D eigenvalue weighted by molar-refractivity contribution is 7.89. The van der Waals surface area contributed by atoms with E-state index in [0.717, 1.165) is 18.2 Å². The summed E-state index contributed by atoms with van der Waals surface area (Å²) in [5.41, 5.74) is -0.205. The van der Waals surface area contributed by atoms with Crippen molar-refractivity contribution < 1.29 is 31.2 Å². The molecule has 31 heavy (non-hydrogen) atoms. The molecule has 11 heteroatoms. The molecular weight excluding hydrogens is 435 g/mol. The van der Waals surface area contributed by atoms with Crippen molar-refractivity contribution in [2.24, 2.45) is 5.14 Å². The third kappa shape index (κ3) is 5.42. The van der Waals surface area contributed by atoms with Crippen LogP contribution in [0.3, 0.4) is 0 Å². The van der Waals surface area contributed by atoms with Crippen LogP contribution in [0.5, 0.6) is 0 Å². The van der Waals surface area contributed by atoms with E-state index in [2.05, 4.69) is 5.32 Å². The molecule has 1 aliphatic rings. The molecule has 2 aromatic carbocycles. The standard InChI is InChI=1S/C20H20F3N3O4S/c21-20(22,23)15-8-6-13(7-9-15)12-25-18(27)17-5-2-10-26(17)19(28)14-3-1-4-16(11-14)31(24,29)30/h1,3-4,6-9,11,17H,2,5,10,12H2,(H,25,27)(H2,24,29,30)/t17-/m1/s1. The predicted molar refractivity (Wildman–Crippen MR) is 105 cm³/mol. The number of sulfonamides is 1. The van der Waals surface area contributed by atoms with Gasteiger partial charge in [0.25, 0.3) is 5.91 Å². The Balaban J connectivity index is 1.67. The van der Waals surface area contributed by atoms with E-state index in [0.29, 0.717) is 24.9 Å². The lowest BCUT2D eigenvalue weighted by Crippen LogP contribution is -2.45. The van der Waals surface area contributed by atoms with Crippen molar-refractivity contribution in [1.82, 2.24) is 10.2 Å². The van der Waals surface area contributed by atoms with Gasteiger partial charge in [-0.25, -0.2) is 13.6 Å². The third-order valence-electron chi connectivity index (χ3n) is 4.97. The van der Waals surface area contributed by atoms with Crippen molar-refractivity contribution in [2.75, 3.05) is 6.54 Å². The van der Waals surface area contributed by atoms with Gasteiger partial charge in [0.1, 0.15) is 6.04 Å². The number of carbonyl (C=O) groups is 2. The highest BCUT2D eigenvalue weighted by Gasteiger charge is 2.35. The Bertz CT molecular complexity index is 1090. The van der Waals surface area contributed by atoms with Crippen molar-refractivity contribution in [2.45, 2.75) is 36.5 Å². The molecule has 0 spiro atoms. The summed E-state index contributed by atoms with van der Waals surface area (Å²) >= 11 is 0. The molecule has 0 saturated carbocycles. The van der Waals surface area contributed by atoms with Gasteiger partial charge in [0.05, 0.1) is 10.5 Å². The topological polar surface area (TPSA) is 110 Å². The lowest BCUT2D eigenvalue weighted by molar-refractivity contribution is -0.137. The number of nitrogens with two attached hydrogens (primary N) is 1. The van der Waals surface area contributed by atoms with Crippen LogP contribution in [0.2, 0.25) is 0 Å². The number of hydrogen-bond acceptors (Lipinski definition) is 4. The Morgan fingerprint density at radius 3 is 2.42 bits per heavy atom. The Labute approximate surface area is 177 Å². The van der Waals surface area contributed by atoms with E-state index in [4.69, 9.17) is 5.14 Å². The number of halogens is 3. The first kappa shape index (κ1) is 22.8. The van der Waals surface area contributed by atoms with E-state index >= 15 is 0 Å². The minimum Gasteiger partial charge on any atom is -0.350 e. The molecule has 0 radical (unpaired) electrons. The van der Waals surface area contributed by atoms with Gasteiger partial charge < -0.3 is 10.2 Å². The first-order chi connectivity index (χ1) is 14.5. The van der Waals surface area contributed by atoms with Crippen molar-refractivity contribution in [3.8, 4) is 0 Å². The minimum absolute atomic E-state index is 0.0103. The number of nitrogens with one attached hydrogen (secondary N) is 1. The van der Waals surface area contributed by atoms with Crippen molar-refractivity contribution in [3.63, 3.8) is 0 Å². The molecule has 0 aromatic heterocycles. The summed E-state index contributed by atoms with van der Waals surface area (Å²) in [4.78, 5) is 26.6. The number of alkyl halides is 3. The molecule has 166 valence electrons. The number of amides is 2. The number of hydrogen-bond donors (Lipinski definition) is 2. The SMILES string of the molecule is NS(=O)(=O)c1cccc(C(=O)N2CCC[C@@H]2C(=O)NCc2ccc(C(F)(F)F)cc2)c1. The monoisotopic (exact) mass is 455 g/mol. The van der Waals surface area contributed by atoms with Crippen molar-refractivity contribution >= 4 is 21.8 Å². The largest absolute Gasteiger partial charge is 0.416 e. The van der Waals surface area contributed by atoms with Gasteiger partial charge in [-0.3, -0.25) is 9.59 Å². The zero-order chi connectivity index (χ0) is 22.8. The summed E-state index contributed by atoms with van der Waals surface area (Å²) < 4.78 is 61.0. The molecule has 1 fully saturated rings. The number of benzene rings is 2. The van der Waals surface area contributed by atoms with Crippen LogP contribution in [0.1, 0.15) is 34.3 Å². The number of carbonyl (C=O) groups excluding carboxylic acids is 2. The maximum atomic E-state index is 12.9. The summed E-state index contributed by atoms with van der Waals surface area (Å²) in [6, 6.07) is 8.92. The predicted octanol–water partition coefficient (Wildman–Crippen LogP) is 2.27. The quantitative estimate of drug-likeness (QED) is 0.721. The molecule has 0 unspecified atom stereocenters. The van der Waals surface area contributed by atoms with E-state index in [-0.39, 0.29) is 17.0 Å². The maximum absolute atomic E-state index is 12.9. The molecule has 3 rings (SSSR count). The number of rotatable bonds is 5. The van der Waals surface area contributed by atoms with Crippen LogP contribution in [0, 0.1) is 0 Å². The highest BCUT2D eigenvalue weighted by atomic mass is 32.2. The van der Waals surface area contributed by atoms with Gasteiger partial charge in [0.15, 0.2) is 0 Å². The average Bonchev–Trinajstić information content (AvgIpc) is 3.20. The van der Waals surface area contributed by atoms with E-state index in [1.165, 1.54) is 35.2 Å². The summed E-state index contributed by atoms with van der Waals surface area (Å²) in [6.45, 7) is 0.327. The van der Waals surface area contributed by atoms with Crippen molar-refractivity contribution in [1.29, 1.82) is 0 Å². The number of nitrogens with zero attached hydrogens (tertiary/aromatic N) is 1. The first-order valence-electron chi connectivity index (χ1n) is 9.34. The normalized spacial score (nSPS) is 16.9. The molecular formula is C20H20F3N3O4S. The second-order valence-electron chi connectivity index (χ2n) is 7.14. The van der Waals surface area contributed by atoms with E-state index in [9.17, 15) is 31.2 Å². The van der Waals surface area contributed by atoms with Crippen LogP contribution in [0.15, 0.2) is 53.4 Å². The smallest absolute Gasteiger partial charge is 0.350 e. The molecule has 1 atom stereocenters. The van der Waals surface area contributed by atoms with Gasteiger partial charge in [-0.15, -0.1) is 0 Å². The summed E-state index contributed by atoms with van der Waals surface area (Å²) in [6.07, 6.45) is -3.44. The van der Waals surface area contributed by atoms with E-state index in [1.54, 1.807) is 0 Å². The van der Waals surface area contributed by atoms with E-state index in [1.807, 2.05) is 0 Å². The van der Waals surface area contributed by atoms with Crippen LogP contribution in [-0.2, 0) is 27.5 Å². The zero-order valence-electron chi connectivity index (χ0n) is 16.2. The Morgan fingerprint density at radius 2 is 1.81 bits per heavy atom.